The SMILES string of the molecule is NC(=O)c1cc(NCC2(C3CC3)CC2)c(F)cc1N. The molecule has 2 fully saturated rings. The van der Waals surface area contributed by atoms with Crippen LogP contribution < -0.4 is 16.8 Å². The molecule has 2 saturated carbocycles. The van der Waals surface area contributed by atoms with Gasteiger partial charge < -0.3 is 16.8 Å². The summed E-state index contributed by atoms with van der Waals surface area (Å²) in [4.78, 5) is 11.2. The summed E-state index contributed by atoms with van der Waals surface area (Å²) in [5.41, 5.74) is 11.7. The maximum absolute atomic E-state index is 13.8. The van der Waals surface area contributed by atoms with Crippen LogP contribution in [0.4, 0.5) is 15.8 Å². The first-order valence-electron chi connectivity index (χ1n) is 6.64. The number of carbonyl (C=O) groups excluding carboxylic acids is 1. The van der Waals surface area contributed by atoms with Crippen molar-refractivity contribution in [2.24, 2.45) is 17.1 Å². The lowest BCUT2D eigenvalue weighted by molar-refractivity contribution is 0.100. The summed E-state index contributed by atoms with van der Waals surface area (Å²) in [6.07, 6.45) is 5.00. The van der Waals surface area contributed by atoms with Crippen molar-refractivity contribution in [2.75, 3.05) is 17.6 Å². The number of hydrogen-bond donors (Lipinski definition) is 3. The molecule has 2 aliphatic carbocycles. The van der Waals surface area contributed by atoms with Crippen molar-refractivity contribution < 1.29 is 9.18 Å². The number of halogens is 1. The third-order valence-electron chi connectivity index (χ3n) is 4.37. The van der Waals surface area contributed by atoms with Gasteiger partial charge in [-0.25, -0.2) is 4.39 Å². The highest BCUT2D eigenvalue weighted by molar-refractivity contribution is 5.99. The molecule has 102 valence electrons. The quantitative estimate of drug-likeness (QED) is 0.712. The fourth-order valence-electron chi connectivity index (χ4n) is 2.79. The highest BCUT2D eigenvalue weighted by Crippen LogP contribution is 2.61. The Morgan fingerprint density at radius 1 is 1.42 bits per heavy atom. The minimum absolute atomic E-state index is 0.0823. The molecular formula is C14H18FN3O. The summed E-state index contributed by atoms with van der Waals surface area (Å²) in [7, 11) is 0. The summed E-state index contributed by atoms with van der Waals surface area (Å²) in [5, 5.41) is 3.12. The molecule has 1 aromatic carbocycles. The van der Waals surface area contributed by atoms with Crippen LogP contribution in [0.2, 0.25) is 0 Å². The van der Waals surface area contributed by atoms with Gasteiger partial charge in [0.25, 0.3) is 5.91 Å². The zero-order valence-electron chi connectivity index (χ0n) is 10.7. The molecule has 0 radical (unpaired) electrons. The van der Waals surface area contributed by atoms with Gasteiger partial charge in [0.05, 0.1) is 11.3 Å². The number of primary amides is 1. The van der Waals surface area contributed by atoms with E-state index in [9.17, 15) is 9.18 Å². The first kappa shape index (κ1) is 12.3. The van der Waals surface area contributed by atoms with E-state index >= 15 is 0 Å². The standard InChI is InChI=1S/C14H18FN3O/c15-10-6-11(16)9(13(17)19)5-12(10)18-7-14(3-4-14)8-1-2-8/h5-6,8,18H,1-4,7,16H2,(H2,17,19). The molecule has 1 amide bonds. The molecule has 19 heavy (non-hydrogen) atoms. The van der Waals surface area contributed by atoms with Crippen molar-refractivity contribution in [3.63, 3.8) is 0 Å². The van der Waals surface area contributed by atoms with Crippen LogP contribution in [0.25, 0.3) is 0 Å². The average molecular weight is 263 g/mol. The van der Waals surface area contributed by atoms with Crippen LogP contribution in [0.5, 0.6) is 0 Å². The Morgan fingerprint density at radius 3 is 2.63 bits per heavy atom. The summed E-state index contributed by atoms with van der Waals surface area (Å²) in [6.45, 7) is 0.761. The van der Waals surface area contributed by atoms with Crippen LogP contribution in [-0.4, -0.2) is 12.5 Å². The zero-order chi connectivity index (χ0) is 13.6. The van der Waals surface area contributed by atoms with Crippen molar-refractivity contribution in [3.05, 3.63) is 23.5 Å². The van der Waals surface area contributed by atoms with Crippen LogP contribution in [-0.2, 0) is 0 Å². The molecule has 1 aromatic rings. The highest BCUT2D eigenvalue weighted by atomic mass is 19.1. The first-order valence-corrected chi connectivity index (χ1v) is 6.64. The van der Waals surface area contributed by atoms with Crippen LogP contribution in [0.1, 0.15) is 36.0 Å². The summed E-state index contributed by atoms with van der Waals surface area (Å²) < 4.78 is 13.8. The normalized spacial score (nSPS) is 20.1. The van der Waals surface area contributed by atoms with Crippen LogP contribution in [0, 0.1) is 17.2 Å². The van der Waals surface area contributed by atoms with Crippen molar-refractivity contribution in [1.29, 1.82) is 0 Å². The first-order chi connectivity index (χ1) is 9.02. The van der Waals surface area contributed by atoms with Crippen molar-refractivity contribution in [2.45, 2.75) is 25.7 Å². The molecule has 0 aliphatic heterocycles. The molecule has 0 atom stereocenters. The van der Waals surface area contributed by atoms with Crippen LogP contribution in [0.3, 0.4) is 0 Å². The molecule has 4 nitrogen and oxygen atoms in total. The summed E-state index contributed by atoms with van der Waals surface area (Å²) in [5.74, 6) is -0.273. The van der Waals surface area contributed by atoms with E-state index in [4.69, 9.17) is 11.5 Å². The zero-order valence-corrected chi connectivity index (χ0v) is 10.7. The number of hydrogen-bond acceptors (Lipinski definition) is 3. The maximum Gasteiger partial charge on any atom is 0.250 e. The van der Waals surface area contributed by atoms with Crippen LogP contribution >= 0.6 is 0 Å². The molecule has 0 unspecified atom stereocenters. The number of nitrogens with two attached hydrogens (primary N) is 2. The highest BCUT2D eigenvalue weighted by Gasteiger charge is 2.53. The van der Waals surface area contributed by atoms with Crippen molar-refractivity contribution >= 4 is 17.3 Å². The van der Waals surface area contributed by atoms with Crippen molar-refractivity contribution in [3.8, 4) is 0 Å². The largest absolute Gasteiger partial charge is 0.398 e. The maximum atomic E-state index is 13.8. The van der Waals surface area contributed by atoms with Gasteiger partial charge in [0.15, 0.2) is 0 Å². The van der Waals surface area contributed by atoms with Crippen LogP contribution in [0.15, 0.2) is 12.1 Å². The lowest BCUT2D eigenvalue weighted by Gasteiger charge is -2.17. The minimum Gasteiger partial charge on any atom is -0.398 e. The molecule has 0 heterocycles. The molecule has 2 aliphatic rings. The second-order valence-corrected chi connectivity index (χ2v) is 5.77. The Labute approximate surface area is 111 Å². The fourth-order valence-corrected chi connectivity index (χ4v) is 2.79. The lowest BCUT2D eigenvalue weighted by atomic mass is 10.0. The lowest BCUT2D eigenvalue weighted by Crippen LogP contribution is -2.19. The van der Waals surface area contributed by atoms with E-state index in [1.54, 1.807) is 0 Å². The van der Waals surface area contributed by atoms with E-state index in [1.165, 1.54) is 31.7 Å². The Hall–Kier alpha value is -1.78. The van der Waals surface area contributed by atoms with Gasteiger partial charge in [0, 0.05) is 12.2 Å². The number of rotatable bonds is 5. The minimum atomic E-state index is -0.635. The molecule has 0 aromatic heterocycles. The Balaban J connectivity index is 1.76. The Morgan fingerprint density at radius 2 is 2.11 bits per heavy atom. The molecule has 0 saturated heterocycles. The third-order valence-corrected chi connectivity index (χ3v) is 4.37. The molecular weight excluding hydrogens is 245 g/mol. The monoisotopic (exact) mass is 263 g/mol. The predicted octanol–water partition coefficient (Wildman–Crippen LogP) is 2.11. The van der Waals surface area contributed by atoms with Gasteiger partial charge in [-0.3, -0.25) is 4.79 Å². The Kier molecular flexibility index (Phi) is 2.66. The number of nitrogen functional groups attached to an aromatic ring is 1. The Bertz CT molecular complexity index is 536. The van der Waals surface area contributed by atoms with Gasteiger partial charge in [-0.05, 0) is 49.1 Å². The second-order valence-electron chi connectivity index (χ2n) is 5.77. The molecule has 0 bridgehead atoms. The fraction of sp³-hybridized carbons (Fsp3) is 0.500. The van der Waals surface area contributed by atoms with Gasteiger partial charge in [-0.1, -0.05) is 0 Å². The van der Waals surface area contributed by atoms with E-state index in [0.29, 0.717) is 11.1 Å². The summed E-state index contributed by atoms with van der Waals surface area (Å²) in [6, 6.07) is 2.56. The van der Waals surface area contributed by atoms with Gasteiger partial charge in [-0.15, -0.1) is 0 Å². The van der Waals surface area contributed by atoms with E-state index in [1.807, 2.05) is 0 Å². The number of benzene rings is 1. The molecule has 0 spiro atoms. The van der Waals surface area contributed by atoms with Gasteiger partial charge in [-0.2, -0.15) is 0 Å². The van der Waals surface area contributed by atoms with E-state index in [2.05, 4.69) is 5.32 Å². The van der Waals surface area contributed by atoms with E-state index in [-0.39, 0.29) is 11.3 Å². The van der Waals surface area contributed by atoms with Crippen molar-refractivity contribution in [1.82, 2.24) is 0 Å². The van der Waals surface area contributed by atoms with E-state index < -0.39 is 11.7 Å². The molecule has 3 rings (SSSR count). The number of anilines is 2. The average Bonchev–Trinajstić information content (AvgIpc) is 3.21. The number of carbonyl (C=O) groups is 1. The predicted molar refractivity (Wildman–Crippen MR) is 72.2 cm³/mol. The van der Waals surface area contributed by atoms with Gasteiger partial charge in [0.1, 0.15) is 5.82 Å². The third kappa shape index (κ3) is 2.25. The molecule has 5 heteroatoms. The van der Waals surface area contributed by atoms with Gasteiger partial charge >= 0.3 is 0 Å². The number of nitrogens with one attached hydrogen (secondary N) is 1. The topological polar surface area (TPSA) is 81.1 Å². The smallest absolute Gasteiger partial charge is 0.250 e. The second kappa shape index (κ2) is 4.11. The number of amides is 1. The van der Waals surface area contributed by atoms with E-state index in [0.717, 1.165) is 18.5 Å². The molecule has 5 N–H and O–H groups in total. The van der Waals surface area contributed by atoms with Gasteiger partial charge in [0.2, 0.25) is 0 Å². The summed E-state index contributed by atoms with van der Waals surface area (Å²) >= 11 is 0.